The third-order valence-corrected chi connectivity index (χ3v) is 4.28. The summed E-state index contributed by atoms with van der Waals surface area (Å²) in [5, 5.41) is 4.35. The molecule has 1 saturated carbocycles. The van der Waals surface area contributed by atoms with E-state index in [1.54, 1.807) is 7.11 Å². The third-order valence-electron chi connectivity index (χ3n) is 3.99. The van der Waals surface area contributed by atoms with Crippen LogP contribution in [-0.2, 0) is 6.54 Å². The van der Waals surface area contributed by atoms with Gasteiger partial charge in [0.1, 0.15) is 5.75 Å². The molecule has 2 nitrogen and oxygen atoms in total. The van der Waals surface area contributed by atoms with E-state index in [2.05, 4.69) is 25.2 Å². The number of halogens is 1. The van der Waals surface area contributed by atoms with Gasteiger partial charge in [0, 0.05) is 12.6 Å². The lowest BCUT2D eigenvalue weighted by molar-refractivity contribution is 0.238. The molecule has 1 aliphatic rings. The number of hydrogen-bond donors (Lipinski definition) is 1. The third kappa shape index (κ3) is 4.12. The van der Waals surface area contributed by atoms with Crippen LogP contribution in [0.2, 0.25) is 5.02 Å². The molecule has 0 amide bonds. The Morgan fingerprint density at radius 1 is 1.21 bits per heavy atom. The quantitative estimate of drug-likeness (QED) is 0.890. The van der Waals surface area contributed by atoms with Gasteiger partial charge in [0.15, 0.2) is 0 Å². The molecule has 2 unspecified atom stereocenters. The lowest BCUT2D eigenvalue weighted by atomic mass is 9.80. The normalized spacial score (nSPS) is 27.3. The van der Waals surface area contributed by atoms with Gasteiger partial charge in [0.25, 0.3) is 0 Å². The van der Waals surface area contributed by atoms with Crippen LogP contribution in [0.15, 0.2) is 18.2 Å². The summed E-state index contributed by atoms with van der Waals surface area (Å²) in [6.45, 7) is 5.59. The second-order valence-corrected chi connectivity index (χ2v) is 6.37. The van der Waals surface area contributed by atoms with Crippen LogP contribution in [0.5, 0.6) is 5.75 Å². The van der Waals surface area contributed by atoms with E-state index in [0.29, 0.717) is 11.1 Å². The van der Waals surface area contributed by atoms with E-state index in [1.807, 2.05) is 12.1 Å². The molecule has 1 N–H and O–H groups in total. The van der Waals surface area contributed by atoms with E-state index in [9.17, 15) is 0 Å². The summed E-state index contributed by atoms with van der Waals surface area (Å²) in [6.07, 6.45) is 3.94. The highest BCUT2D eigenvalue weighted by Gasteiger charge is 2.23. The Kier molecular flexibility index (Phi) is 5.12. The van der Waals surface area contributed by atoms with E-state index >= 15 is 0 Å². The molecule has 0 spiro atoms. The van der Waals surface area contributed by atoms with Crippen molar-refractivity contribution in [1.82, 2.24) is 5.32 Å². The Labute approximate surface area is 121 Å². The number of ether oxygens (including phenoxy) is 1. The van der Waals surface area contributed by atoms with Crippen molar-refractivity contribution in [2.24, 2.45) is 11.8 Å². The Bertz CT molecular complexity index is 411. The second-order valence-electron chi connectivity index (χ2n) is 5.96. The first-order valence-corrected chi connectivity index (χ1v) is 7.52. The summed E-state index contributed by atoms with van der Waals surface area (Å²) in [5.41, 5.74) is 1.22. The fourth-order valence-electron chi connectivity index (χ4n) is 3.20. The standard InChI is InChI=1S/C16H24ClNO/c1-11-6-12(2)8-14(7-11)18-10-13-4-5-16(19-3)15(17)9-13/h4-5,9,11-12,14,18H,6-8,10H2,1-3H3. The first-order valence-electron chi connectivity index (χ1n) is 7.14. The average Bonchev–Trinajstić information content (AvgIpc) is 2.35. The van der Waals surface area contributed by atoms with Crippen molar-refractivity contribution in [1.29, 1.82) is 0 Å². The first kappa shape index (κ1) is 14.7. The molecule has 106 valence electrons. The van der Waals surface area contributed by atoms with Crippen LogP contribution >= 0.6 is 11.6 Å². The van der Waals surface area contributed by atoms with Gasteiger partial charge in [-0.05, 0) is 48.8 Å². The highest BCUT2D eigenvalue weighted by Crippen LogP contribution is 2.29. The molecule has 19 heavy (non-hydrogen) atoms. The number of hydrogen-bond acceptors (Lipinski definition) is 2. The summed E-state index contributed by atoms with van der Waals surface area (Å²) in [7, 11) is 1.64. The summed E-state index contributed by atoms with van der Waals surface area (Å²) >= 11 is 6.14. The van der Waals surface area contributed by atoms with Crippen molar-refractivity contribution in [3.8, 4) is 5.75 Å². The van der Waals surface area contributed by atoms with Gasteiger partial charge in [-0.3, -0.25) is 0 Å². The van der Waals surface area contributed by atoms with Gasteiger partial charge < -0.3 is 10.1 Å². The summed E-state index contributed by atoms with van der Waals surface area (Å²) < 4.78 is 5.17. The molecule has 0 heterocycles. The topological polar surface area (TPSA) is 21.3 Å². The predicted molar refractivity (Wildman–Crippen MR) is 80.8 cm³/mol. The molecular weight excluding hydrogens is 258 g/mol. The highest BCUT2D eigenvalue weighted by molar-refractivity contribution is 6.32. The van der Waals surface area contributed by atoms with E-state index in [-0.39, 0.29) is 0 Å². The molecule has 1 fully saturated rings. The van der Waals surface area contributed by atoms with Gasteiger partial charge in [-0.25, -0.2) is 0 Å². The molecule has 0 aliphatic heterocycles. The molecule has 0 aromatic heterocycles. The summed E-state index contributed by atoms with van der Waals surface area (Å²) in [5.74, 6) is 2.41. The molecule has 1 aromatic rings. The van der Waals surface area contributed by atoms with E-state index < -0.39 is 0 Å². The Morgan fingerprint density at radius 3 is 2.47 bits per heavy atom. The fraction of sp³-hybridized carbons (Fsp3) is 0.625. The molecule has 2 atom stereocenters. The monoisotopic (exact) mass is 281 g/mol. The number of methoxy groups -OCH3 is 1. The van der Waals surface area contributed by atoms with E-state index in [0.717, 1.165) is 24.1 Å². The minimum absolute atomic E-state index is 0.639. The van der Waals surface area contributed by atoms with E-state index in [1.165, 1.54) is 24.8 Å². The van der Waals surface area contributed by atoms with Crippen LogP contribution in [-0.4, -0.2) is 13.2 Å². The van der Waals surface area contributed by atoms with Crippen molar-refractivity contribution < 1.29 is 4.74 Å². The summed E-state index contributed by atoms with van der Waals surface area (Å²) in [6, 6.07) is 6.64. The minimum atomic E-state index is 0.639. The Hall–Kier alpha value is -0.730. The number of nitrogens with one attached hydrogen (secondary N) is 1. The summed E-state index contributed by atoms with van der Waals surface area (Å²) in [4.78, 5) is 0. The highest BCUT2D eigenvalue weighted by atomic mass is 35.5. The molecule has 1 aliphatic carbocycles. The number of benzene rings is 1. The van der Waals surface area contributed by atoms with Crippen LogP contribution in [0.1, 0.15) is 38.7 Å². The maximum Gasteiger partial charge on any atom is 0.137 e. The van der Waals surface area contributed by atoms with Crippen LogP contribution in [0.3, 0.4) is 0 Å². The average molecular weight is 282 g/mol. The van der Waals surface area contributed by atoms with Gasteiger partial charge in [0.05, 0.1) is 12.1 Å². The van der Waals surface area contributed by atoms with Crippen LogP contribution in [0.25, 0.3) is 0 Å². The molecule has 0 saturated heterocycles. The number of rotatable bonds is 4. The maximum atomic E-state index is 6.14. The van der Waals surface area contributed by atoms with Crippen molar-refractivity contribution in [3.63, 3.8) is 0 Å². The maximum absolute atomic E-state index is 6.14. The Morgan fingerprint density at radius 2 is 1.89 bits per heavy atom. The van der Waals surface area contributed by atoms with Crippen molar-refractivity contribution in [3.05, 3.63) is 28.8 Å². The van der Waals surface area contributed by atoms with Crippen LogP contribution in [0, 0.1) is 11.8 Å². The molecular formula is C16H24ClNO. The van der Waals surface area contributed by atoms with Gasteiger partial charge in [-0.1, -0.05) is 31.5 Å². The van der Waals surface area contributed by atoms with Gasteiger partial charge in [0.2, 0.25) is 0 Å². The Balaban J connectivity index is 1.89. The molecule has 1 aromatic carbocycles. The molecule has 3 heteroatoms. The lowest BCUT2D eigenvalue weighted by Gasteiger charge is -2.32. The van der Waals surface area contributed by atoms with Gasteiger partial charge in [-0.2, -0.15) is 0 Å². The first-order chi connectivity index (χ1) is 9.08. The van der Waals surface area contributed by atoms with Crippen molar-refractivity contribution in [2.75, 3.05) is 7.11 Å². The van der Waals surface area contributed by atoms with Gasteiger partial charge >= 0.3 is 0 Å². The lowest BCUT2D eigenvalue weighted by Crippen LogP contribution is -2.35. The molecule has 0 radical (unpaired) electrons. The zero-order chi connectivity index (χ0) is 13.8. The predicted octanol–water partition coefficient (Wildman–Crippen LogP) is 4.26. The van der Waals surface area contributed by atoms with E-state index in [4.69, 9.17) is 16.3 Å². The largest absolute Gasteiger partial charge is 0.495 e. The molecule has 2 rings (SSSR count). The SMILES string of the molecule is COc1ccc(CNC2CC(C)CC(C)C2)cc1Cl. The molecule has 0 bridgehead atoms. The second kappa shape index (κ2) is 6.62. The van der Waals surface area contributed by atoms with Crippen molar-refractivity contribution in [2.45, 2.75) is 45.7 Å². The van der Waals surface area contributed by atoms with Crippen molar-refractivity contribution >= 4 is 11.6 Å². The van der Waals surface area contributed by atoms with Crippen LogP contribution < -0.4 is 10.1 Å². The van der Waals surface area contributed by atoms with Crippen LogP contribution in [0.4, 0.5) is 0 Å². The van der Waals surface area contributed by atoms with Gasteiger partial charge in [-0.15, -0.1) is 0 Å². The fourth-order valence-corrected chi connectivity index (χ4v) is 3.48. The zero-order valence-corrected chi connectivity index (χ0v) is 12.8. The zero-order valence-electron chi connectivity index (χ0n) is 12.1. The minimum Gasteiger partial charge on any atom is -0.495 e. The smallest absolute Gasteiger partial charge is 0.137 e.